The van der Waals surface area contributed by atoms with Crippen molar-refractivity contribution >= 4 is 23.2 Å². The maximum atomic E-state index is 12.8. The minimum atomic E-state index is -0.498. The molecule has 0 spiro atoms. The molecule has 0 radical (unpaired) electrons. The van der Waals surface area contributed by atoms with Gasteiger partial charge in [-0.3, -0.25) is 4.79 Å². The summed E-state index contributed by atoms with van der Waals surface area (Å²) in [5.74, 6) is 1.19. The highest BCUT2D eigenvalue weighted by atomic mass is 35.5. The van der Waals surface area contributed by atoms with Gasteiger partial charge in [0.25, 0.3) is 5.91 Å². The minimum Gasteiger partial charge on any atom is -0.481 e. The number of carbonyl (C=O) groups excluding carboxylic acids is 1. The molecule has 1 atom stereocenters. The van der Waals surface area contributed by atoms with Crippen LogP contribution < -0.4 is 9.64 Å². The molecule has 1 heterocycles. The van der Waals surface area contributed by atoms with Crippen molar-refractivity contribution in [1.29, 1.82) is 0 Å². The van der Waals surface area contributed by atoms with Gasteiger partial charge in [-0.2, -0.15) is 0 Å². The van der Waals surface area contributed by atoms with Crippen LogP contribution >= 0.6 is 11.6 Å². The van der Waals surface area contributed by atoms with E-state index in [1.165, 1.54) is 0 Å². The van der Waals surface area contributed by atoms with E-state index in [-0.39, 0.29) is 5.91 Å². The van der Waals surface area contributed by atoms with Gasteiger partial charge in [-0.25, -0.2) is 0 Å². The van der Waals surface area contributed by atoms with Crippen molar-refractivity contribution in [3.05, 3.63) is 59.1 Å². The highest BCUT2D eigenvalue weighted by Crippen LogP contribution is 2.27. The number of carbonyl (C=O) groups is 1. The van der Waals surface area contributed by atoms with Gasteiger partial charge < -0.3 is 14.5 Å². The van der Waals surface area contributed by atoms with Crippen LogP contribution in [0.4, 0.5) is 5.69 Å². The molecule has 1 aliphatic rings. The van der Waals surface area contributed by atoms with Crippen molar-refractivity contribution < 1.29 is 9.53 Å². The lowest BCUT2D eigenvalue weighted by Gasteiger charge is -2.37. The fourth-order valence-electron chi connectivity index (χ4n) is 3.42. The largest absolute Gasteiger partial charge is 0.481 e. The molecule has 1 amide bonds. The molecular formula is C22H27ClN2O2. The van der Waals surface area contributed by atoms with Gasteiger partial charge in [0, 0.05) is 36.9 Å². The van der Waals surface area contributed by atoms with Crippen molar-refractivity contribution in [3.63, 3.8) is 0 Å². The van der Waals surface area contributed by atoms with E-state index >= 15 is 0 Å². The van der Waals surface area contributed by atoms with E-state index < -0.39 is 6.10 Å². The van der Waals surface area contributed by atoms with Crippen LogP contribution in [-0.2, 0) is 4.79 Å². The topological polar surface area (TPSA) is 32.8 Å². The summed E-state index contributed by atoms with van der Waals surface area (Å²) in [5.41, 5.74) is 2.23. The number of para-hydroxylation sites is 1. The van der Waals surface area contributed by atoms with E-state index in [0.29, 0.717) is 19.0 Å². The molecule has 2 aromatic carbocycles. The third kappa shape index (κ3) is 4.75. The summed E-state index contributed by atoms with van der Waals surface area (Å²) < 4.78 is 6.03. The van der Waals surface area contributed by atoms with Crippen molar-refractivity contribution in [3.8, 4) is 5.75 Å². The summed E-state index contributed by atoms with van der Waals surface area (Å²) in [5, 5.41) is 0.733. The molecule has 3 rings (SSSR count). The molecule has 0 aliphatic carbocycles. The Kier molecular flexibility index (Phi) is 6.27. The predicted octanol–water partition coefficient (Wildman–Crippen LogP) is 4.58. The lowest BCUT2D eigenvalue weighted by Crippen LogP contribution is -2.52. The number of nitrogens with zero attached hydrogens (tertiary/aromatic N) is 2. The molecule has 5 heteroatoms. The maximum Gasteiger partial charge on any atom is 0.263 e. The number of halogens is 1. The molecule has 0 aromatic heterocycles. The Morgan fingerprint density at radius 3 is 2.37 bits per heavy atom. The van der Waals surface area contributed by atoms with Crippen LogP contribution in [0, 0.1) is 0 Å². The first-order valence-corrected chi connectivity index (χ1v) is 9.88. The Bertz CT molecular complexity index is 785. The molecule has 2 aromatic rings. The summed E-state index contributed by atoms with van der Waals surface area (Å²) in [7, 11) is 0. The maximum absolute atomic E-state index is 12.8. The predicted molar refractivity (Wildman–Crippen MR) is 111 cm³/mol. The Morgan fingerprint density at radius 1 is 1.00 bits per heavy atom. The smallest absolute Gasteiger partial charge is 0.263 e. The summed E-state index contributed by atoms with van der Waals surface area (Å²) >= 11 is 6.09. The van der Waals surface area contributed by atoms with Gasteiger partial charge in [-0.15, -0.1) is 0 Å². The molecule has 0 N–H and O–H groups in total. The summed E-state index contributed by atoms with van der Waals surface area (Å²) in [6.45, 7) is 9.05. The number of hydrogen-bond donors (Lipinski definition) is 0. The van der Waals surface area contributed by atoms with Crippen LogP contribution in [0.3, 0.4) is 0 Å². The van der Waals surface area contributed by atoms with E-state index in [0.717, 1.165) is 35.1 Å². The van der Waals surface area contributed by atoms with E-state index in [4.69, 9.17) is 16.3 Å². The van der Waals surface area contributed by atoms with Crippen LogP contribution in [0.25, 0.3) is 0 Å². The third-order valence-corrected chi connectivity index (χ3v) is 5.19. The summed E-state index contributed by atoms with van der Waals surface area (Å²) in [6, 6.07) is 15.8. The zero-order valence-corrected chi connectivity index (χ0v) is 16.9. The number of rotatable bonds is 5. The fraction of sp³-hybridized carbons (Fsp3) is 0.409. The third-order valence-electron chi connectivity index (χ3n) is 4.96. The van der Waals surface area contributed by atoms with Crippen LogP contribution in [0.2, 0.25) is 5.02 Å². The van der Waals surface area contributed by atoms with Crippen LogP contribution in [0.15, 0.2) is 48.5 Å². The average molecular weight is 387 g/mol. The van der Waals surface area contributed by atoms with E-state index in [9.17, 15) is 4.79 Å². The number of ether oxygens (including phenoxy) is 1. The molecule has 0 unspecified atom stereocenters. The Hall–Kier alpha value is -2.20. The first kappa shape index (κ1) is 19.6. The van der Waals surface area contributed by atoms with Crippen LogP contribution in [0.5, 0.6) is 5.75 Å². The Balaban J connectivity index is 1.59. The molecule has 1 saturated heterocycles. The normalized spacial score (nSPS) is 15.7. The van der Waals surface area contributed by atoms with Crippen molar-refractivity contribution in [2.45, 2.75) is 32.8 Å². The van der Waals surface area contributed by atoms with E-state index in [1.54, 1.807) is 0 Å². The van der Waals surface area contributed by atoms with E-state index in [2.05, 4.69) is 30.9 Å². The van der Waals surface area contributed by atoms with Gasteiger partial charge >= 0.3 is 0 Å². The molecule has 1 aliphatic heterocycles. The van der Waals surface area contributed by atoms with Gasteiger partial charge in [0.1, 0.15) is 5.75 Å². The van der Waals surface area contributed by atoms with Gasteiger partial charge in [0.15, 0.2) is 6.10 Å². The first-order chi connectivity index (χ1) is 13.0. The second kappa shape index (κ2) is 8.66. The monoisotopic (exact) mass is 386 g/mol. The molecule has 27 heavy (non-hydrogen) atoms. The summed E-state index contributed by atoms with van der Waals surface area (Å²) in [4.78, 5) is 17.0. The van der Waals surface area contributed by atoms with Crippen LogP contribution in [0.1, 0.15) is 32.3 Å². The molecular weight excluding hydrogens is 360 g/mol. The van der Waals surface area contributed by atoms with Gasteiger partial charge in [-0.05, 0) is 42.7 Å². The molecule has 0 saturated carbocycles. The highest BCUT2D eigenvalue weighted by molar-refractivity contribution is 6.30. The van der Waals surface area contributed by atoms with Crippen molar-refractivity contribution in [2.75, 3.05) is 31.1 Å². The average Bonchev–Trinajstić information content (AvgIpc) is 2.67. The number of benzene rings is 2. The number of amides is 1. The summed E-state index contributed by atoms with van der Waals surface area (Å²) in [6.07, 6.45) is -0.498. The number of hydrogen-bond acceptors (Lipinski definition) is 3. The fourth-order valence-corrected chi connectivity index (χ4v) is 3.61. The van der Waals surface area contributed by atoms with E-state index in [1.807, 2.05) is 48.2 Å². The quantitative estimate of drug-likeness (QED) is 0.754. The second-order valence-electron chi connectivity index (χ2n) is 7.24. The van der Waals surface area contributed by atoms with Gasteiger partial charge in [-0.1, -0.05) is 49.7 Å². The first-order valence-electron chi connectivity index (χ1n) is 9.50. The van der Waals surface area contributed by atoms with Crippen molar-refractivity contribution in [2.24, 2.45) is 0 Å². The Labute approximate surface area is 166 Å². The number of piperazine rings is 1. The van der Waals surface area contributed by atoms with Gasteiger partial charge in [0.2, 0.25) is 0 Å². The zero-order valence-electron chi connectivity index (χ0n) is 16.2. The zero-order chi connectivity index (χ0) is 19.4. The minimum absolute atomic E-state index is 0.0410. The van der Waals surface area contributed by atoms with Crippen molar-refractivity contribution in [1.82, 2.24) is 4.90 Å². The molecule has 1 fully saturated rings. The SMILES string of the molecule is CC(C)c1ccccc1O[C@H](C)C(=O)N1CCN(c2cccc(Cl)c2)CC1. The molecule has 4 nitrogen and oxygen atoms in total. The lowest BCUT2D eigenvalue weighted by molar-refractivity contribution is -0.138. The Morgan fingerprint density at radius 2 is 1.70 bits per heavy atom. The highest BCUT2D eigenvalue weighted by Gasteiger charge is 2.26. The standard InChI is InChI=1S/C22H27ClN2O2/c1-16(2)20-9-4-5-10-21(20)27-17(3)22(26)25-13-11-24(12-14-25)19-8-6-7-18(23)15-19/h4-10,15-17H,11-14H2,1-3H3/t17-/m1/s1. The van der Waals surface area contributed by atoms with Gasteiger partial charge in [0.05, 0.1) is 0 Å². The second-order valence-corrected chi connectivity index (χ2v) is 7.68. The molecule has 144 valence electrons. The molecule has 0 bridgehead atoms. The van der Waals surface area contributed by atoms with Crippen LogP contribution in [-0.4, -0.2) is 43.1 Å². The lowest BCUT2D eigenvalue weighted by atomic mass is 10.0. The number of anilines is 1.